The normalized spacial score (nSPS) is 26.3. The molecule has 0 saturated carbocycles. The second-order valence-electron chi connectivity index (χ2n) is 11.1. The number of phenolic OH excluding ortho intramolecular Hbond substituents is 1. The molecule has 3 aromatic carbocycles. The van der Waals surface area contributed by atoms with Crippen LogP contribution in [0.15, 0.2) is 102 Å². The molecular formula is C34H33N3O5. The molecule has 2 bridgehead atoms. The number of aromatic hydroxyl groups is 1. The summed E-state index contributed by atoms with van der Waals surface area (Å²) >= 11 is 0. The third kappa shape index (κ3) is 4.72. The number of carbonyl (C=O) groups is 1. The number of rotatable bonds is 2. The first kappa shape index (κ1) is 27.6. The molecule has 1 fully saturated rings. The van der Waals surface area contributed by atoms with Gasteiger partial charge < -0.3 is 25.1 Å². The zero-order valence-electron chi connectivity index (χ0n) is 23.2. The van der Waals surface area contributed by atoms with Gasteiger partial charge in [-0.3, -0.25) is 9.78 Å². The minimum Gasteiger partial charge on any atom is -0.504 e. The number of para-hydroxylation sites is 1. The number of Topliss-reactive ketones (excluding diaryl/α,β-unsaturated/α-hetero) is 1. The summed E-state index contributed by atoms with van der Waals surface area (Å²) in [7, 11) is 2.19. The topological polar surface area (TPSA) is 115 Å². The maximum Gasteiger partial charge on any atom is 0.207 e. The molecule has 5 atom stereocenters. The molecule has 1 saturated heterocycles. The van der Waals surface area contributed by atoms with E-state index in [9.17, 15) is 15.0 Å². The van der Waals surface area contributed by atoms with Crippen LogP contribution < -0.4 is 4.74 Å². The van der Waals surface area contributed by atoms with Crippen molar-refractivity contribution in [3.63, 3.8) is 0 Å². The van der Waals surface area contributed by atoms with Gasteiger partial charge in [-0.05, 0) is 50.2 Å². The number of pyridine rings is 1. The largest absolute Gasteiger partial charge is 0.504 e. The summed E-state index contributed by atoms with van der Waals surface area (Å²) < 4.78 is 6.09. The maximum absolute atomic E-state index is 10.9. The quantitative estimate of drug-likeness (QED) is 0.106. The molecule has 2 aliphatic heterocycles. The van der Waals surface area contributed by atoms with Gasteiger partial charge in [0, 0.05) is 40.1 Å². The van der Waals surface area contributed by atoms with Gasteiger partial charge in [0.25, 0.3) is 0 Å². The Labute approximate surface area is 244 Å². The average Bonchev–Trinajstić information content (AvgIpc) is 3.39. The summed E-state index contributed by atoms with van der Waals surface area (Å²) in [5, 5.41) is 32.5. The number of carbonyl (C=O) groups excluding carboxylic acids is 1. The predicted molar refractivity (Wildman–Crippen MR) is 160 cm³/mol. The summed E-state index contributed by atoms with van der Waals surface area (Å²) in [6, 6.07) is 24.9. The fourth-order valence-electron chi connectivity index (χ4n) is 6.98. The van der Waals surface area contributed by atoms with Gasteiger partial charge in [-0.2, -0.15) is 0 Å². The number of nitrogens with zero attached hydrogens (tertiary/aromatic N) is 3. The Morgan fingerprint density at radius 1 is 1.05 bits per heavy atom. The Hall–Kier alpha value is -4.53. The smallest absolute Gasteiger partial charge is 0.207 e. The number of ketones is 1. The molecule has 1 aromatic heterocycles. The van der Waals surface area contributed by atoms with Gasteiger partial charge in [-0.1, -0.05) is 78.0 Å². The molecule has 3 N–H and O–H groups in total. The Morgan fingerprint density at radius 3 is 2.60 bits per heavy atom. The highest BCUT2D eigenvalue weighted by Gasteiger charge is 2.64. The van der Waals surface area contributed by atoms with E-state index in [0.29, 0.717) is 23.3 Å². The number of likely N-dealkylation sites (tertiary alicyclic amines) is 1. The van der Waals surface area contributed by atoms with E-state index < -0.39 is 6.10 Å². The monoisotopic (exact) mass is 563 g/mol. The number of likely N-dealkylation sites (N-methyl/N-ethyl adjacent to an activating group) is 1. The molecule has 3 heterocycles. The molecule has 0 radical (unpaired) electrons. The van der Waals surface area contributed by atoms with Gasteiger partial charge in [0.1, 0.15) is 18.4 Å². The summed E-state index contributed by atoms with van der Waals surface area (Å²) in [5.41, 5.74) is 3.87. The fraction of sp³-hybridized carbons (Fsp3) is 0.265. The molecule has 1 spiro atoms. The highest BCUT2D eigenvalue weighted by Crippen LogP contribution is 2.62. The van der Waals surface area contributed by atoms with E-state index in [-0.39, 0.29) is 23.1 Å². The summed E-state index contributed by atoms with van der Waals surface area (Å²) in [6.45, 7) is 1.01. The molecule has 8 heteroatoms. The number of ether oxygens (including phenoxy) is 1. The highest BCUT2D eigenvalue weighted by molar-refractivity contribution is 6.35. The minimum atomic E-state index is -0.594. The van der Waals surface area contributed by atoms with Gasteiger partial charge in [0.15, 0.2) is 11.5 Å². The van der Waals surface area contributed by atoms with Crippen LogP contribution in [-0.4, -0.2) is 69.1 Å². The van der Waals surface area contributed by atoms with E-state index in [1.54, 1.807) is 30.3 Å². The first-order valence-corrected chi connectivity index (χ1v) is 14.1. The van der Waals surface area contributed by atoms with Crippen molar-refractivity contribution in [3.8, 4) is 11.5 Å². The van der Waals surface area contributed by atoms with E-state index in [4.69, 9.17) is 9.94 Å². The number of benzene rings is 3. The van der Waals surface area contributed by atoms with E-state index in [0.717, 1.165) is 31.1 Å². The van der Waals surface area contributed by atoms with Crippen molar-refractivity contribution >= 4 is 22.9 Å². The number of piperidine rings is 1. The number of fused-ring (bicyclic) bond motifs is 1. The van der Waals surface area contributed by atoms with Crippen molar-refractivity contribution in [2.45, 2.75) is 36.5 Å². The number of oxime groups is 1. The first-order valence-electron chi connectivity index (χ1n) is 14.1. The van der Waals surface area contributed by atoms with Crippen LogP contribution in [0.1, 0.15) is 27.9 Å². The molecule has 2 aliphatic carbocycles. The van der Waals surface area contributed by atoms with Crippen molar-refractivity contribution in [1.29, 1.82) is 0 Å². The van der Waals surface area contributed by atoms with Crippen LogP contribution in [0, 0.1) is 5.92 Å². The lowest BCUT2D eigenvalue weighted by Crippen LogP contribution is -2.64. The number of hydrogen-bond donors (Lipinski definition) is 3. The summed E-state index contributed by atoms with van der Waals surface area (Å²) in [5.74, 6) is 0.891. The van der Waals surface area contributed by atoms with Crippen molar-refractivity contribution in [2.24, 2.45) is 11.1 Å². The average molecular weight is 564 g/mol. The molecular weight excluding hydrogens is 530 g/mol. The van der Waals surface area contributed by atoms with Crippen molar-refractivity contribution in [3.05, 3.63) is 114 Å². The first-order chi connectivity index (χ1) is 20.4. The van der Waals surface area contributed by atoms with Crippen LogP contribution in [-0.2, 0) is 11.8 Å². The molecule has 0 amide bonds. The van der Waals surface area contributed by atoms with Crippen LogP contribution in [0.5, 0.6) is 11.5 Å². The number of hydrogen-bond acceptors (Lipinski definition) is 8. The van der Waals surface area contributed by atoms with E-state index >= 15 is 0 Å². The molecule has 0 unspecified atom stereocenters. The zero-order chi connectivity index (χ0) is 29.3. The van der Waals surface area contributed by atoms with Crippen LogP contribution in [0.2, 0.25) is 0 Å². The highest BCUT2D eigenvalue weighted by atomic mass is 16.5. The van der Waals surface area contributed by atoms with Crippen molar-refractivity contribution in [2.75, 3.05) is 13.6 Å². The van der Waals surface area contributed by atoms with Gasteiger partial charge >= 0.3 is 0 Å². The standard InChI is InChI=1S/C17H19NO3.C9H7N.C8H7NO2/c1-18-7-6-17-10-3-5-13(20)16(17)21-15-12(19)4-2-9(14(15)17)8-11(10)18;1-2-6-9-8(4-1)5-3-7-10-9;10-8(6-9-11)7-4-2-1-3-5-7/h2-5,10-11,13,16,19-20H,6-8H2,1H3;1-7H;1-6,11H/t10-,11+,13-,16-,17-;;/m0../s1. The zero-order valence-corrected chi connectivity index (χ0v) is 23.2. The van der Waals surface area contributed by atoms with Crippen molar-refractivity contribution < 1.29 is 25.0 Å². The van der Waals surface area contributed by atoms with Crippen LogP contribution >= 0.6 is 0 Å². The van der Waals surface area contributed by atoms with Gasteiger partial charge in [-0.15, -0.1) is 0 Å². The Kier molecular flexibility index (Phi) is 7.49. The molecule has 42 heavy (non-hydrogen) atoms. The van der Waals surface area contributed by atoms with Gasteiger partial charge in [0.05, 0.1) is 5.52 Å². The number of aliphatic hydroxyl groups excluding tert-OH is 1. The van der Waals surface area contributed by atoms with Gasteiger partial charge in [-0.25, -0.2) is 0 Å². The van der Waals surface area contributed by atoms with Crippen molar-refractivity contribution in [1.82, 2.24) is 9.88 Å². The minimum absolute atomic E-state index is 0.160. The number of aromatic nitrogens is 1. The molecule has 8 nitrogen and oxygen atoms in total. The third-order valence-corrected chi connectivity index (χ3v) is 8.90. The number of phenols is 1. The van der Waals surface area contributed by atoms with Crippen LogP contribution in [0.4, 0.5) is 0 Å². The van der Waals surface area contributed by atoms with Crippen LogP contribution in [0.25, 0.3) is 10.9 Å². The molecule has 8 rings (SSSR count). The lowest BCUT2D eigenvalue weighted by molar-refractivity contribution is -0.0453. The third-order valence-electron chi connectivity index (χ3n) is 8.90. The SMILES string of the molecule is CN1CC[C@]23c4c5ccc(O)c4O[C@H]2[C@@H](O)C=C[C@H]3[C@H]1C5.O=C(C=NO)c1ccccc1.c1ccc2ncccc2c1. The molecule has 214 valence electrons. The van der Waals surface area contributed by atoms with Gasteiger partial charge in [0.2, 0.25) is 5.78 Å². The second kappa shape index (κ2) is 11.4. The van der Waals surface area contributed by atoms with Crippen LogP contribution in [0.3, 0.4) is 0 Å². The lowest BCUT2D eigenvalue weighted by Gasteiger charge is -2.56. The summed E-state index contributed by atoms with van der Waals surface area (Å²) in [6.07, 6.45) is 7.86. The Bertz CT molecular complexity index is 1590. The number of aliphatic hydroxyl groups is 1. The Balaban J connectivity index is 0.000000127. The fourth-order valence-corrected chi connectivity index (χ4v) is 6.98. The molecule has 4 aromatic rings. The predicted octanol–water partition coefficient (Wildman–Crippen LogP) is 4.76. The van der Waals surface area contributed by atoms with E-state index in [1.165, 1.54) is 16.5 Å². The molecule has 4 aliphatic rings. The van der Waals surface area contributed by atoms with E-state index in [1.807, 2.05) is 48.7 Å². The second-order valence-corrected chi connectivity index (χ2v) is 11.1. The van der Waals surface area contributed by atoms with E-state index in [2.05, 4.69) is 40.3 Å². The Morgan fingerprint density at radius 2 is 1.81 bits per heavy atom. The maximum atomic E-state index is 10.9. The lowest BCUT2D eigenvalue weighted by atomic mass is 9.53. The summed E-state index contributed by atoms with van der Waals surface area (Å²) in [4.78, 5) is 17.5.